The molecule has 0 atom stereocenters. The zero-order valence-electron chi connectivity index (χ0n) is 9.72. The quantitative estimate of drug-likeness (QED) is 0.772. The zero-order valence-corrected chi connectivity index (χ0v) is 10.5. The monoisotopic (exact) mass is 262 g/mol. The van der Waals surface area contributed by atoms with Gasteiger partial charge in [-0.05, 0) is 19.1 Å². The molecule has 0 spiro atoms. The van der Waals surface area contributed by atoms with Crippen LogP contribution in [0.4, 0.5) is 10.3 Å². The second kappa shape index (κ2) is 4.06. The number of rotatable bonds is 2. The van der Waals surface area contributed by atoms with Crippen LogP contribution in [0.3, 0.4) is 0 Å². The van der Waals surface area contributed by atoms with Crippen molar-refractivity contribution >= 4 is 28.3 Å². The molecule has 0 unspecified atom stereocenters. The molecule has 3 rings (SSSR count). The third kappa shape index (κ3) is 1.84. The number of hydrogen-bond acceptors (Lipinski definition) is 4. The molecule has 0 aliphatic carbocycles. The predicted molar refractivity (Wildman–Crippen MR) is 70.1 cm³/mol. The summed E-state index contributed by atoms with van der Waals surface area (Å²) in [4.78, 5) is 9.47. The van der Waals surface area contributed by atoms with Crippen molar-refractivity contribution in [3.8, 4) is 0 Å². The summed E-state index contributed by atoms with van der Waals surface area (Å²) in [6.07, 6.45) is 1.83. The number of nitrogens with two attached hydrogens (primary N) is 1. The number of halogens is 1. The topological polar surface area (TPSA) is 56.7 Å². The van der Waals surface area contributed by atoms with Gasteiger partial charge in [0.15, 0.2) is 0 Å². The Balaban J connectivity index is 2.08. The van der Waals surface area contributed by atoms with E-state index in [1.807, 2.05) is 17.7 Å². The summed E-state index contributed by atoms with van der Waals surface area (Å²) >= 11 is 1.62. The Bertz CT molecular complexity index is 716. The molecule has 0 fully saturated rings. The lowest BCUT2D eigenvalue weighted by atomic mass is 10.3. The van der Waals surface area contributed by atoms with E-state index in [1.54, 1.807) is 17.4 Å². The van der Waals surface area contributed by atoms with Gasteiger partial charge in [0.2, 0.25) is 5.95 Å². The maximum atomic E-state index is 13.1. The SMILES string of the molecule is Cc1ncc(Cn2c(N)nc3cc(F)ccc32)s1. The zero-order chi connectivity index (χ0) is 12.7. The van der Waals surface area contributed by atoms with Crippen molar-refractivity contribution in [3.63, 3.8) is 0 Å². The van der Waals surface area contributed by atoms with E-state index >= 15 is 0 Å². The van der Waals surface area contributed by atoms with Crippen LogP contribution < -0.4 is 5.73 Å². The first-order valence-electron chi connectivity index (χ1n) is 5.46. The summed E-state index contributed by atoms with van der Waals surface area (Å²) < 4.78 is 15.0. The summed E-state index contributed by atoms with van der Waals surface area (Å²) in [6, 6.07) is 4.50. The highest BCUT2D eigenvalue weighted by atomic mass is 32.1. The van der Waals surface area contributed by atoms with Crippen molar-refractivity contribution in [3.05, 3.63) is 40.1 Å². The minimum absolute atomic E-state index is 0.305. The highest BCUT2D eigenvalue weighted by Crippen LogP contribution is 2.22. The largest absolute Gasteiger partial charge is 0.369 e. The average molecular weight is 262 g/mol. The number of aromatic nitrogens is 3. The molecule has 0 saturated heterocycles. The van der Waals surface area contributed by atoms with Crippen molar-refractivity contribution in [2.75, 3.05) is 5.73 Å². The molecule has 2 N–H and O–H groups in total. The molecule has 0 aliphatic rings. The summed E-state index contributed by atoms with van der Waals surface area (Å²) in [5, 5.41) is 1.01. The van der Waals surface area contributed by atoms with Gasteiger partial charge in [0.25, 0.3) is 0 Å². The first-order chi connectivity index (χ1) is 8.63. The van der Waals surface area contributed by atoms with Crippen LogP contribution in [-0.4, -0.2) is 14.5 Å². The smallest absolute Gasteiger partial charge is 0.201 e. The Labute approximate surface area is 107 Å². The number of aryl methyl sites for hydroxylation is 1. The molecule has 0 aliphatic heterocycles. The molecule has 2 heterocycles. The third-order valence-electron chi connectivity index (χ3n) is 2.72. The molecule has 0 saturated carbocycles. The van der Waals surface area contributed by atoms with E-state index in [2.05, 4.69) is 9.97 Å². The van der Waals surface area contributed by atoms with E-state index < -0.39 is 0 Å². The van der Waals surface area contributed by atoms with E-state index in [0.717, 1.165) is 15.4 Å². The summed E-state index contributed by atoms with van der Waals surface area (Å²) in [7, 11) is 0. The van der Waals surface area contributed by atoms with Gasteiger partial charge in [0, 0.05) is 17.1 Å². The second-order valence-electron chi connectivity index (χ2n) is 4.03. The van der Waals surface area contributed by atoms with Crippen molar-refractivity contribution in [2.45, 2.75) is 13.5 Å². The molecule has 4 nitrogen and oxygen atoms in total. The number of nitrogens with zero attached hydrogens (tertiary/aromatic N) is 3. The van der Waals surface area contributed by atoms with Gasteiger partial charge < -0.3 is 10.3 Å². The fourth-order valence-electron chi connectivity index (χ4n) is 1.92. The van der Waals surface area contributed by atoms with E-state index in [0.29, 0.717) is 18.0 Å². The van der Waals surface area contributed by atoms with Crippen LogP contribution in [0.5, 0.6) is 0 Å². The van der Waals surface area contributed by atoms with Crippen LogP contribution in [0.2, 0.25) is 0 Å². The minimum Gasteiger partial charge on any atom is -0.369 e. The average Bonchev–Trinajstić information content (AvgIpc) is 2.84. The van der Waals surface area contributed by atoms with E-state index in [1.165, 1.54) is 12.1 Å². The molecule has 0 amide bonds. The Morgan fingerprint density at radius 1 is 1.44 bits per heavy atom. The Kier molecular flexibility index (Phi) is 2.52. The van der Waals surface area contributed by atoms with Crippen LogP contribution in [0.15, 0.2) is 24.4 Å². The van der Waals surface area contributed by atoms with Gasteiger partial charge >= 0.3 is 0 Å². The van der Waals surface area contributed by atoms with Gasteiger partial charge in [-0.1, -0.05) is 0 Å². The van der Waals surface area contributed by atoms with Gasteiger partial charge in [-0.25, -0.2) is 14.4 Å². The normalized spacial score (nSPS) is 11.2. The second-order valence-corrected chi connectivity index (χ2v) is 5.35. The first kappa shape index (κ1) is 11.2. The van der Waals surface area contributed by atoms with E-state index in [4.69, 9.17) is 5.73 Å². The van der Waals surface area contributed by atoms with Crippen LogP contribution in [0.25, 0.3) is 11.0 Å². The fourth-order valence-corrected chi connectivity index (χ4v) is 2.71. The van der Waals surface area contributed by atoms with Gasteiger partial charge in [-0.15, -0.1) is 11.3 Å². The summed E-state index contributed by atoms with van der Waals surface area (Å²) in [5.74, 6) is 0.0856. The number of benzene rings is 1. The summed E-state index contributed by atoms with van der Waals surface area (Å²) in [6.45, 7) is 2.57. The maximum absolute atomic E-state index is 13.1. The fraction of sp³-hybridized carbons (Fsp3) is 0.167. The Morgan fingerprint density at radius 2 is 2.28 bits per heavy atom. The standard InChI is InChI=1S/C12H11FN4S/c1-7-15-5-9(18-7)6-17-11-3-2-8(13)4-10(11)16-12(17)14/h2-5H,6H2,1H3,(H2,14,16). The molecule has 1 aromatic carbocycles. The molecular weight excluding hydrogens is 251 g/mol. The molecule has 2 aromatic heterocycles. The van der Waals surface area contributed by atoms with Gasteiger partial charge in [-0.2, -0.15) is 0 Å². The van der Waals surface area contributed by atoms with Crippen molar-refractivity contribution in [2.24, 2.45) is 0 Å². The third-order valence-corrected chi connectivity index (χ3v) is 3.62. The number of imidazole rings is 1. The van der Waals surface area contributed by atoms with Crippen molar-refractivity contribution < 1.29 is 4.39 Å². The lowest BCUT2D eigenvalue weighted by Crippen LogP contribution is -2.03. The number of fused-ring (bicyclic) bond motifs is 1. The summed E-state index contributed by atoms with van der Waals surface area (Å²) in [5.41, 5.74) is 7.28. The highest BCUT2D eigenvalue weighted by Gasteiger charge is 2.10. The number of thiazole rings is 1. The maximum Gasteiger partial charge on any atom is 0.201 e. The van der Waals surface area contributed by atoms with Crippen LogP contribution in [0, 0.1) is 12.7 Å². The van der Waals surface area contributed by atoms with Crippen molar-refractivity contribution in [1.82, 2.24) is 14.5 Å². The molecule has 0 radical (unpaired) electrons. The first-order valence-corrected chi connectivity index (χ1v) is 6.28. The predicted octanol–water partition coefficient (Wildman–Crippen LogP) is 2.57. The van der Waals surface area contributed by atoms with Gasteiger partial charge in [0.05, 0.1) is 22.6 Å². The minimum atomic E-state index is -0.305. The molecule has 0 bridgehead atoms. The van der Waals surface area contributed by atoms with E-state index in [-0.39, 0.29) is 5.82 Å². The molecule has 3 aromatic rings. The number of anilines is 1. The van der Waals surface area contributed by atoms with Crippen LogP contribution in [-0.2, 0) is 6.54 Å². The molecular formula is C12H11FN4S. The van der Waals surface area contributed by atoms with Crippen LogP contribution >= 0.6 is 11.3 Å². The van der Waals surface area contributed by atoms with Crippen LogP contribution in [0.1, 0.15) is 9.88 Å². The lowest BCUT2D eigenvalue weighted by Gasteiger charge is -2.03. The lowest BCUT2D eigenvalue weighted by molar-refractivity contribution is 0.629. The van der Waals surface area contributed by atoms with E-state index in [9.17, 15) is 4.39 Å². The Morgan fingerprint density at radius 3 is 3.00 bits per heavy atom. The molecule has 6 heteroatoms. The van der Waals surface area contributed by atoms with Gasteiger partial charge in [0.1, 0.15) is 5.82 Å². The molecule has 18 heavy (non-hydrogen) atoms. The van der Waals surface area contributed by atoms with Crippen molar-refractivity contribution in [1.29, 1.82) is 0 Å². The number of hydrogen-bond donors (Lipinski definition) is 1. The van der Waals surface area contributed by atoms with Gasteiger partial charge in [-0.3, -0.25) is 0 Å². The number of nitrogen functional groups attached to an aromatic ring is 1. The highest BCUT2D eigenvalue weighted by molar-refractivity contribution is 7.11. The molecule has 92 valence electrons. The Hall–Kier alpha value is -1.95.